The van der Waals surface area contributed by atoms with E-state index in [0.29, 0.717) is 22.6 Å². The highest BCUT2D eigenvalue weighted by Gasteiger charge is 2.59. The quantitative estimate of drug-likeness (QED) is 0.539. The molecule has 0 spiro atoms. The second-order valence-corrected chi connectivity index (χ2v) is 10.4. The Bertz CT molecular complexity index is 1690. The highest BCUT2D eigenvalue weighted by Crippen LogP contribution is 2.60. The number of allylic oxidation sites excluding steroid dienone is 4. The number of methoxy groups -OCH3 is 1. The minimum atomic E-state index is -1.18. The molecule has 3 aliphatic rings. The Morgan fingerprint density at radius 2 is 1.76 bits per heavy atom. The molecular formula is C29H27N3O6. The summed E-state index contributed by atoms with van der Waals surface area (Å²) in [5.41, 5.74) is -0.161. The molecule has 0 radical (unpaired) electrons. The van der Waals surface area contributed by atoms with Crippen molar-refractivity contribution >= 4 is 11.6 Å². The second-order valence-electron chi connectivity index (χ2n) is 10.4. The van der Waals surface area contributed by atoms with Gasteiger partial charge in [-0.05, 0) is 48.8 Å². The van der Waals surface area contributed by atoms with Crippen LogP contribution in [0.5, 0.6) is 11.5 Å². The van der Waals surface area contributed by atoms with Crippen LogP contribution in [-0.2, 0) is 16.1 Å². The van der Waals surface area contributed by atoms with Crippen LogP contribution in [0.4, 0.5) is 0 Å². The molecule has 0 amide bonds. The minimum absolute atomic E-state index is 0.0698. The topological polar surface area (TPSA) is 113 Å². The van der Waals surface area contributed by atoms with Crippen molar-refractivity contribution < 1.29 is 19.4 Å². The first-order valence-electron chi connectivity index (χ1n) is 12.5. The molecule has 1 saturated carbocycles. The van der Waals surface area contributed by atoms with Gasteiger partial charge >= 0.3 is 11.4 Å². The number of carbonyl (C=O) groups is 2. The number of Topliss-reactive ketones (excluding diaryl/α,β-unsaturated/α-hetero) is 1. The zero-order valence-corrected chi connectivity index (χ0v) is 21.2. The number of phenolic OH excluding ortho intramolecular Hbond substituents is 1. The van der Waals surface area contributed by atoms with Gasteiger partial charge in [-0.25, -0.2) is 23.5 Å². The lowest BCUT2D eigenvalue weighted by Gasteiger charge is -2.52. The molecule has 6 rings (SSSR count). The maximum atomic E-state index is 13.8. The number of benzene rings is 2. The molecule has 9 nitrogen and oxygen atoms in total. The summed E-state index contributed by atoms with van der Waals surface area (Å²) in [6.07, 6.45) is 3.44. The molecule has 1 aromatic heterocycles. The molecular weight excluding hydrogens is 486 g/mol. The molecule has 4 atom stereocenters. The van der Waals surface area contributed by atoms with Crippen LogP contribution in [0.25, 0.3) is 5.69 Å². The molecule has 2 heterocycles. The first-order valence-corrected chi connectivity index (χ1v) is 12.5. The van der Waals surface area contributed by atoms with Gasteiger partial charge in [-0.2, -0.15) is 0 Å². The van der Waals surface area contributed by atoms with Crippen molar-refractivity contribution in [1.29, 1.82) is 0 Å². The van der Waals surface area contributed by atoms with Crippen LogP contribution in [0.1, 0.15) is 37.8 Å². The summed E-state index contributed by atoms with van der Waals surface area (Å²) >= 11 is 0. The Balaban J connectivity index is 1.60. The summed E-state index contributed by atoms with van der Waals surface area (Å²) in [6.45, 7) is 3.51. The fraction of sp³-hybridized carbons (Fsp3) is 0.310. The predicted molar refractivity (Wildman–Crippen MR) is 139 cm³/mol. The smallest absolute Gasteiger partial charge is 0.352 e. The number of para-hydroxylation sites is 1. The number of hydrogen-bond donors (Lipinski definition) is 1. The van der Waals surface area contributed by atoms with E-state index in [9.17, 15) is 24.3 Å². The Morgan fingerprint density at radius 1 is 1.03 bits per heavy atom. The van der Waals surface area contributed by atoms with Gasteiger partial charge in [0.15, 0.2) is 11.6 Å². The molecule has 0 bridgehead atoms. The summed E-state index contributed by atoms with van der Waals surface area (Å²) in [4.78, 5) is 54.4. The molecule has 194 valence electrons. The third-order valence-corrected chi connectivity index (χ3v) is 8.50. The van der Waals surface area contributed by atoms with Crippen molar-refractivity contribution in [3.63, 3.8) is 0 Å². The molecule has 1 fully saturated rings. The highest BCUT2D eigenvalue weighted by atomic mass is 16.5. The van der Waals surface area contributed by atoms with Gasteiger partial charge in [0.05, 0.1) is 30.8 Å². The van der Waals surface area contributed by atoms with E-state index in [-0.39, 0.29) is 30.3 Å². The average molecular weight is 514 g/mol. The number of ether oxygens (including phenoxy) is 1. The molecule has 38 heavy (non-hydrogen) atoms. The van der Waals surface area contributed by atoms with Crippen LogP contribution >= 0.6 is 0 Å². The van der Waals surface area contributed by atoms with E-state index in [4.69, 9.17) is 4.74 Å². The summed E-state index contributed by atoms with van der Waals surface area (Å²) in [5, 5.41) is 11.1. The fourth-order valence-electron chi connectivity index (χ4n) is 6.58. The largest absolute Gasteiger partial charge is 0.508 e. The van der Waals surface area contributed by atoms with E-state index < -0.39 is 34.7 Å². The van der Waals surface area contributed by atoms with Crippen molar-refractivity contribution in [2.45, 2.75) is 38.8 Å². The normalized spacial score (nSPS) is 26.1. The molecule has 0 saturated heterocycles. The van der Waals surface area contributed by atoms with E-state index in [1.54, 1.807) is 56.3 Å². The maximum Gasteiger partial charge on any atom is 0.352 e. The van der Waals surface area contributed by atoms with Gasteiger partial charge in [-0.3, -0.25) is 9.59 Å². The van der Waals surface area contributed by atoms with E-state index in [1.807, 2.05) is 6.08 Å². The minimum Gasteiger partial charge on any atom is -0.508 e. The number of carbonyl (C=O) groups excluding carboxylic acids is 2. The first kappa shape index (κ1) is 24.0. The molecule has 9 heteroatoms. The maximum absolute atomic E-state index is 13.8. The number of nitrogens with zero attached hydrogens (tertiary/aromatic N) is 3. The van der Waals surface area contributed by atoms with Crippen molar-refractivity contribution in [2.75, 3.05) is 7.11 Å². The van der Waals surface area contributed by atoms with Crippen molar-refractivity contribution in [2.24, 2.45) is 11.3 Å². The number of fused-ring (bicyclic) bond motifs is 4. The molecule has 2 aliphatic carbocycles. The Morgan fingerprint density at radius 3 is 2.45 bits per heavy atom. The van der Waals surface area contributed by atoms with Gasteiger partial charge in [0, 0.05) is 23.5 Å². The molecule has 3 aromatic rings. The van der Waals surface area contributed by atoms with Gasteiger partial charge in [0.2, 0.25) is 0 Å². The molecule has 0 unspecified atom stereocenters. The standard InChI is InChI=1S/C29H27N3O6/c1-16-13-24(34)29(2)21(26(16)35)15-22-19(25(29)20-10-9-18(38-3)14-23(20)33)11-12-30-27(36)31(28(37)32(22)30)17-7-5-4-6-8-17/h4-11,13-14,21-22,25,33H,12,15H2,1-3H3/t21-,22+,25+,29-/m0/s1. The summed E-state index contributed by atoms with van der Waals surface area (Å²) in [7, 11) is 1.49. The molecule has 1 N–H and O–H groups in total. The van der Waals surface area contributed by atoms with Crippen molar-refractivity contribution in [1.82, 2.24) is 13.9 Å². The van der Waals surface area contributed by atoms with Crippen LogP contribution in [0.15, 0.2) is 81.4 Å². The van der Waals surface area contributed by atoms with Gasteiger partial charge in [-0.15, -0.1) is 0 Å². The zero-order chi connectivity index (χ0) is 26.9. The number of aromatic nitrogens is 3. The lowest BCUT2D eigenvalue weighted by atomic mass is 9.51. The second kappa shape index (κ2) is 8.31. The van der Waals surface area contributed by atoms with Gasteiger partial charge < -0.3 is 9.84 Å². The van der Waals surface area contributed by atoms with Crippen LogP contribution in [-0.4, -0.2) is 37.7 Å². The Hall–Kier alpha value is -4.40. The van der Waals surface area contributed by atoms with E-state index in [0.717, 1.165) is 10.1 Å². The van der Waals surface area contributed by atoms with E-state index >= 15 is 0 Å². The van der Waals surface area contributed by atoms with Crippen LogP contribution in [0, 0.1) is 11.3 Å². The number of aromatic hydroxyl groups is 1. The van der Waals surface area contributed by atoms with Crippen LogP contribution < -0.4 is 16.1 Å². The van der Waals surface area contributed by atoms with E-state index in [2.05, 4.69) is 0 Å². The summed E-state index contributed by atoms with van der Waals surface area (Å²) in [6, 6.07) is 12.9. The predicted octanol–water partition coefficient (Wildman–Crippen LogP) is 2.90. The third kappa shape index (κ3) is 3.11. The van der Waals surface area contributed by atoms with Crippen LogP contribution in [0.2, 0.25) is 0 Å². The van der Waals surface area contributed by atoms with Crippen molar-refractivity contribution in [3.8, 4) is 17.2 Å². The van der Waals surface area contributed by atoms with Gasteiger partial charge in [-0.1, -0.05) is 37.3 Å². The SMILES string of the molecule is COc1ccc([C@H]2C3=CCn4c(=O)n(-c5ccccc5)c(=O)n4[C@@H]3C[C@H]3C(=O)C(C)=CC(=O)[C@@]23C)c(O)c1. The molecule has 1 aliphatic heterocycles. The van der Waals surface area contributed by atoms with Gasteiger partial charge in [0.1, 0.15) is 11.5 Å². The average Bonchev–Trinajstić information content (AvgIpc) is 3.17. The van der Waals surface area contributed by atoms with Crippen LogP contribution in [0.3, 0.4) is 0 Å². The Kier molecular flexibility index (Phi) is 5.24. The summed E-state index contributed by atoms with van der Waals surface area (Å²) < 4.78 is 9.19. The number of rotatable bonds is 3. The first-order chi connectivity index (χ1) is 18.2. The number of hydrogen-bond acceptors (Lipinski definition) is 6. The monoisotopic (exact) mass is 513 g/mol. The summed E-state index contributed by atoms with van der Waals surface area (Å²) in [5.74, 6) is -1.43. The number of phenols is 1. The zero-order valence-electron chi connectivity index (χ0n) is 21.2. The van der Waals surface area contributed by atoms with E-state index in [1.165, 1.54) is 28.6 Å². The lowest BCUT2D eigenvalue weighted by molar-refractivity contribution is -0.139. The highest BCUT2D eigenvalue weighted by molar-refractivity contribution is 6.13. The fourth-order valence-corrected chi connectivity index (χ4v) is 6.58. The lowest BCUT2D eigenvalue weighted by Crippen LogP contribution is -2.54. The molecule has 2 aromatic carbocycles. The van der Waals surface area contributed by atoms with Crippen molar-refractivity contribution in [3.05, 3.63) is 98.4 Å². The van der Waals surface area contributed by atoms with Gasteiger partial charge in [0.25, 0.3) is 0 Å². The third-order valence-electron chi connectivity index (χ3n) is 8.50. The number of ketones is 2. The Labute approximate surface area is 217 Å².